The Kier molecular flexibility index (Phi) is 7.55. The fourth-order valence-electron chi connectivity index (χ4n) is 3.18. The zero-order valence-corrected chi connectivity index (χ0v) is 19.8. The first-order valence-electron chi connectivity index (χ1n) is 10.4. The Bertz CT molecular complexity index is 1390. The summed E-state index contributed by atoms with van der Waals surface area (Å²) >= 11 is 0. The number of nitrogens with two attached hydrogens (primary N) is 1. The largest absolute Gasteiger partial charge is 0.756 e. The van der Waals surface area contributed by atoms with E-state index in [-0.39, 0.29) is 23.9 Å². The van der Waals surface area contributed by atoms with Crippen molar-refractivity contribution in [2.45, 2.75) is 19.8 Å². The Morgan fingerprint density at radius 2 is 2.03 bits per heavy atom. The molecule has 0 amide bonds. The third kappa shape index (κ3) is 6.40. The lowest BCUT2D eigenvalue weighted by Crippen LogP contribution is -2.38. The van der Waals surface area contributed by atoms with Gasteiger partial charge in [-0.25, -0.2) is 18.9 Å². The number of pyridine rings is 3. The molecule has 12 nitrogen and oxygen atoms in total. The summed E-state index contributed by atoms with van der Waals surface area (Å²) in [7, 11) is -3.46. The highest BCUT2D eigenvalue weighted by atomic mass is 31.2. The van der Waals surface area contributed by atoms with E-state index in [1.54, 1.807) is 36.5 Å². The van der Waals surface area contributed by atoms with Crippen LogP contribution >= 0.6 is 7.82 Å². The third-order valence-electron chi connectivity index (χ3n) is 4.98. The van der Waals surface area contributed by atoms with Crippen molar-refractivity contribution < 1.29 is 41.8 Å². The molecule has 4 aromatic heterocycles. The van der Waals surface area contributed by atoms with Gasteiger partial charge in [0.25, 0.3) is 13.6 Å². The number of ether oxygens (including phenoxy) is 2. The summed E-state index contributed by atoms with van der Waals surface area (Å²) in [5, 5.41) is 4.04. The molecule has 0 aromatic carbocycles. The summed E-state index contributed by atoms with van der Waals surface area (Å²) in [6, 6.07) is 9.86. The maximum Gasteiger partial charge on any atom is 0.285 e. The summed E-state index contributed by atoms with van der Waals surface area (Å²) in [4.78, 5) is 27.7. The Balaban J connectivity index is 1.40. The second-order valence-corrected chi connectivity index (χ2v) is 8.67. The predicted octanol–water partition coefficient (Wildman–Crippen LogP) is 1.75. The molecule has 0 saturated carbocycles. The van der Waals surface area contributed by atoms with Crippen LogP contribution in [0.1, 0.15) is 16.8 Å². The molecule has 4 aromatic rings. The molecule has 0 radical (unpaired) electrons. The average molecular weight is 517 g/mol. The van der Waals surface area contributed by atoms with Gasteiger partial charge in [0, 0.05) is 36.4 Å². The van der Waals surface area contributed by atoms with Crippen LogP contribution in [0.15, 0.2) is 59.5 Å². The molecule has 1 unspecified atom stereocenters. The van der Waals surface area contributed by atoms with Gasteiger partial charge in [-0.05, 0) is 17.7 Å². The van der Waals surface area contributed by atoms with Crippen LogP contribution in [0.5, 0.6) is 11.8 Å². The van der Waals surface area contributed by atoms with E-state index in [4.69, 9.17) is 24.6 Å². The minimum atomic E-state index is -4.90. The van der Waals surface area contributed by atoms with Crippen LogP contribution in [-0.4, -0.2) is 27.1 Å². The van der Waals surface area contributed by atoms with E-state index in [9.17, 15) is 13.8 Å². The molecule has 1 atom stereocenters. The maximum atomic E-state index is 13.9. The first-order chi connectivity index (χ1) is 17.2. The van der Waals surface area contributed by atoms with E-state index in [0.717, 1.165) is 11.8 Å². The smallest absolute Gasteiger partial charge is 0.285 e. The molecule has 0 bridgehead atoms. The topological polar surface area (TPSA) is 170 Å². The molecule has 188 valence electrons. The van der Waals surface area contributed by atoms with Crippen molar-refractivity contribution in [2.24, 2.45) is 0 Å². The SMILES string of the molecule is COc1cc(COc2ccc(Cc3cc(-c4ccc[n+](COP(=O)([O-])O)c4N)on3)cn2)c(F)cn1. The maximum absolute atomic E-state index is 13.9. The molecule has 14 heteroatoms. The highest BCUT2D eigenvalue weighted by Gasteiger charge is 2.18. The van der Waals surface area contributed by atoms with Crippen LogP contribution in [0.2, 0.25) is 0 Å². The van der Waals surface area contributed by atoms with Crippen molar-refractivity contribution in [2.75, 3.05) is 12.8 Å². The van der Waals surface area contributed by atoms with E-state index >= 15 is 0 Å². The van der Waals surface area contributed by atoms with Crippen molar-refractivity contribution >= 4 is 13.6 Å². The minimum Gasteiger partial charge on any atom is -0.756 e. The van der Waals surface area contributed by atoms with Gasteiger partial charge in [-0.1, -0.05) is 11.2 Å². The number of hydrogen-bond acceptors (Lipinski definition) is 10. The van der Waals surface area contributed by atoms with Gasteiger partial charge in [-0.15, -0.1) is 0 Å². The van der Waals surface area contributed by atoms with Gasteiger partial charge >= 0.3 is 0 Å². The monoisotopic (exact) mass is 517 g/mol. The summed E-state index contributed by atoms with van der Waals surface area (Å²) in [6.07, 6.45) is 4.55. The highest BCUT2D eigenvalue weighted by Crippen LogP contribution is 2.30. The number of rotatable bonds is 10. The van der Waals surface area contributed by atoms with Crippen molar-refractivity contribution in [3.8, 4) is 23.1 Å². The van der Waals surface area contributed by atoms with Gasteiger partial charge < -0.3 is 23.8 Å². The first kappa shape index (κ1) is 25.2. The molecule has 4 heterocycles. The molecule has 4 rings (SSSR count). The molecule has 0 aliphatic rings. The quantitative estimate of drug-likeness (QED) is 0.232. The van der Waals surface area contributed by atoms with Crippen LogP contribution in [-0.2, 0) is 28.8 Å². The van der Waals surface area contributed by atoms with Crippen LogP contribution in [0.4, 0.5) is 10.2 Å². The number of halogens is 1. The summed E-state index contributed by atoms with van der Waals surface area (Å²) in [5.41, 5.74) is 8.24. The van der Waals surface area contributed by atoms with Crippen molar-refractivity contribution in [3.05, 3.63) is 77.6 Å². The van der Waals surface area contributed by atoms with Gasteiger partial charge in [-0.3, -0.25) is 14.8 Å². The molecule has 36 heavy (non-hydrogen) atoms. The number of phosphoric ester groups is 1. The molecule has 0 aliphatic heterocycles. The number of phosphoric acid groups is 1. The fraction of sp³-hybridized carbons (Fsp3) is 0.182. The predicted molar refractivity (Wildman–Crippen MR) is 120 cm³/mol. The second-order valence-electron chi connectivity index (χ2n) is 7.47. The lowest BCUT2D eigenvalue weighted by Gasteiger charge is -2.14. The number of nitrogen functional groups attached to an aromatic ring is 1. The highest BCUT2D eigenvalue weighted by molar-refractivity contribution is 7.44. The number of nitrogens with zero attached hydrogens (tertiary/aromatic N) is 4. The first-order valence-corrected chi connectivity index (χ1v) is 11.9. The standard InChI is InChI=1S/C22H21FN5O7P/c1-32-21-8-15(18(23)11-26-21)12-33-20-5-4-14(10-25-20)7-16-9-19(35-27-16)17-3-2-6-28(22(17)24)13-34-36(29,30)31/h2-6,8-11,24H,7,12-13H2,1H3,(H2,29,30,31). The second kappa shape index (κ2) is 10.8. The number of hydrogen-bond donors (Lipinski definition) is 2. The Labute approximate surface area is 204 Å². The van der Waals surface area contributed by atoms with Crippen molar-refractivity contribution in [1.82, 2.24) is 15.1 Å². The Hall–Kier alpha value is -3.90. The number of aromatic nitrogens is 4. The lowest BCUT2D eigenvalue weighted by molar-refractivity contribution is -0.712. The third-order valence-corrected chi connectivity index (χ3v) is 5.42. The van der Waals surface area contributed by atoms with E-state index in [2.05, 4.69) is 19.6 Å². The van der Waals surface area contributed by atoms with Gasteiger partial charge in [0.1, 0.15) is 18.0 Å². The summed E-state index contributed by atoms with van der Waals surface area (Å²) in [5.74, 6) is 0.590. The normalized spacial score (nSPS) is 12.8. The van der Waals surface area contributed by atoms with Crippen molar-refractivity contribution in [1.29, 1.82) is 0 Å². The lowest BCUT2D eigenvalue weighted by atomic mass is 10.1. The Morgan fingerprint density at radius 3 is 2.75 bits per heavy atom. The van der Waals surface area contributed by atoms with Crippen LogP contribution in [0, 0.1) is 5.82 Å². The van der Waals surface area contributed by atoms with Crippen molar-refractivity contribution in [3.63, 3.8) is 0 Å². The minimum absolute atomic E-state index is 0.0437. The zero-order valence-electron chi connectivity index (χ0n) is 18.9. The van der Waals surface area contributed by atoms with Gasteiger partial charge in [0.05, 0.1) is 25.2 Å². The number of methoxy groups -OCH3 is 1. The zero-order chi connectivity index (χ0) is 25.7. The average Bonchev–Trinajstić information content (AvgIpc) is 3.31. The van der Waals surface area contributed by atoms with E-state index < -0.39 is 20.4 Å². The van der Waals surface area contributed by atoms with Gasteiger partial charge in [-0.2, -0.15) is 0 Å². The molecule has 3 N–H and O–H groups in total. The molecular formula is C22H21FN5O7P. The Morgan fingerprint density at radius 1 is 1.22 bits per heavy atom. The van der Waals surface area contributed by atoms with Gasteiger partial charge in [0.2, 0.25) is 11.8 Å². The van der Waals surface area contributed by atoms with E-state index in [1.165, 1.54) is 23.9 Å². The summed E-state index contributed by atoms with van der Waals surface area (Å²) in [6.45, 7) is -0.544. The molecule has 0 spiro atoms. The van der Waals surface area contributed by atoms with E-state index in [1.807, 2.05) is 0 Å². The number of anilines is 1. The van der Waals surface area contributed by atoms with E-state index in [0.29, 0.717) is 29.3 Å². The van der Waals surface area contributed by atoms with Crippen LogP contribution in [0.25, 0.3) is 11.3 Å². The molecule has 0 fully saturated rings. The van der Waals surface area contributed by atoms with Crippen LogP contribution in [0.3, 0.4) is 0 Å². The molecular weight excluding hydrogens is 496 g/mol. The molecule has 0 saturated heterocycles. The fourth-order valence-corrected chi connectivity index (χ4v) is 3.45. The summed E-state index contributed by atoms with van der Waals surface area (Å²) < 4.78 is 46.4. The molecule has 0 aliphatic carbocycles. The van der Waals surface area contributed by atoms with Crippen LogP contribution < -0.4 is 24.7 Å². The van der Waals surface area contributed by atoms with Gasteiger partial charge in [0.15, 0.2) is 12.5 Å².